The zero-order chi connectivity index (χ0) is 14.5. The van der Waals surface area contributed by atoms with E-state index in [9.17, 15) is 4.79 Å². The molecule has 0 aromatic heterocycles. The van der Waals surface area contributed by atoms with Crippen molar-refractivity contribution in [3.05, 3.63) is 12.2 Å². The third-order valence-corrected chi connectivity index (χ3v) is 3.51. The SMILES string of the molecule is C=C(C)C(=O)NC(C)CCCCCCCCCCC. The van der Waals surface area contributed by atoms with Crippen LogP contribution >= 0.6 is 0 Å². The first kappa shape index (κ1) is 18.2. The Bertz CT molecular complexity index is 248. The summed E-state index contributed by atoms with van der Waals surface area (Å²) in [6.07, 6.45) is 13.2. The van der Waals surface area contributed by atoms with Crippen molar-refractivity contribution in [3.8, 4) is 0 Å². The maximum atomic E-state index is 11.4. The summed E-state index contributed by atoms with van der Waals surface area (Å²) in [4.78, 5) is 11.4. The minimum Gasteiger partial charge on any atom is -0.350 e. The molecule has 1 N–H and O–H groups in total. The average Bonchev–Trinajstić information content (AvgIpc) is 2.36. The molecule has 19 heavy (non-hydrogen) atoms. The van der Waals surface area contributed by atoms with Crippen LogP contribution in [0.4, 0.5) is 0 Å². The van der Waals surface area contributed by atoms with Gasteiger partial charge in [-0.1, -0.05) is 71.3 Å². The van der Waals surface area contributed by atoms with Crippen LogP contribution in [-0.2, 0) is 4.79 Å². The Kier molecular flexibility index (Phi) is 11.7. The molecule has 2 nitrogen and oxygen atoms in total. The van der Waals surface area contributed by atoms with Gasteiger partial charge in [0.1, 0.15) is 0 Å². The topological polar surface area (TPSA) is 29.1 Å². The highest BCUT2D eigenvalue weighted by Gasteiger charge is 2.06. The first-order valence-electron chi connectivity index (χ1n) is 8.04. The van der Waals surface area contributed by atoms with Crippen molar-refractivity contribution in [2.45, 2.75) is 91.0 Å². The smallest absolute Gasteiger partial charge is 0.246 e. The number of rotatable bonds is 12. The van der Waals surface area contributed by atoms with E-state index >= 15 is 0 Å². The number of hydrogen-bond donors (Lipinski definition) is 1. The average molecular weight is 267 g/mol. The van der Waals surface area contributed by atoms with Crippen molar-refractivity contribution < 1.29 is 4.79 Å². The number of amides is 1. The number of carbonyl (C=O) groups is 1. The van der Waals surface area contributed by atoms with Crippen molar-refractivity contribution in [2.75, 3.05) is 0 Å². The molecular formula is C17H33NO. The third kappa shape index (κ3) is 12.0. The number of unbranched alkanes of at least 4 members (excludes halogenated alkanes) is 8. The molecule has 1 unspecified atom stereocenters. The molecule has 2 heteroatoms. The predicted molar refractivity (Wildman–Crippen MR) is 84.3 cm³/mol. The summed E-state index contributed by atoms with van der Waals surface area (Å²) in [6, 6.07) is 0.272. The van der Waals surface area contributed by atoms with Gasteiger partial charge in [0.2, 0.25) is 5.91 Å². The zero-order valence-electron chi connectivity index (χ0n) is 13.3. The number of carbonyl (C=O) groups excluding carboxylic acids is 1. The normalized spacial score (nSPS) is 12.2. The summed E-state index contributed by atoms with van der Waals surface area (Å²) in [7, 11) is 0. The van der Waals surface area contributed by atoms with Crippen molar-refractivity contribution in [1.29, 1.82) is 0 Å². The minimum absolute atomic E-state index is 0.0107. The van der Waals surface area contributed by atoms with Gasteiger partial charge in [-0.3, -0.25) is 4.79 Å². The van der Waals surface area contributed by atoms with Gasteiger partial charge >= 0.3 is 0 Å². The number of hydrogen-bond acceptors (Lipinski definition) is 1. The lowest BCUT2D eigenvalue weighted by atomic mass is 10.0. The van der Waals surface area contributed by atoms with Gasteiger partial charge in [0, 0.05) is 11.6 Å². The first-order valence-corrected chi connectivity index (χ1v) is 8.04. The van der Waals surface area contributed by atoms with E-state index in [1.54, 1.807) is 6.92 Å². The van der Waals surface area contributed by atoms with Gasteiger partial charge in [-0.2, -0.15) is 0 Å². The van der Waals surface area contributed by atoms with Crippen LogP contribution in [0.25, 0.3) is 0 Å². The Morgan fingerprint density at radius 2 is 1.47 bits per heavy atom. The fourth-order valence-electron chi connectivity index (χ4n) is 2.18. The van der Waals surface area contributed by atoms with Crippen LogP contribution < -0.4 is 5.32 Å². The van der Waals surface area contributed by atoms with Crippen LogP contribution in [-0.4, -0.2) is 11.9 Å². The largest absolute Gasteiger partial charge is 0.350 e. The lowest BCUT2D eigenvalue weighted by Crippen LogP contribution is -2.32. The lowest BCUT2D eigenvalue weighted by Gasteiger charge is -2.13. The Morgan fingerprint density at radius 1 is 1.00 bits per heavy atom. The molecule has 0 rings (SSSR count). The van der Waals surface area contributed by atoms with Crippen LogP contribution in [0.15, 0.2) is 12.2 Å². The Labute approximate surface area is 120 Å². The molecule has 1 atom stereocenters. The molecule has 0 aliphatic heterocycles. The van der Waals surface area contributed by atoms with E-state index in [0.29, 0.717) is 5.57 Å². The van der Waals surface area contributed by atoms with Crippen LogP contribution in [0.3, 0.4) is 0 Å². The van der Waals surface area contributed by atoms with Gasteiger partial charge in [0.05, 0.1) is 0 Å². The highest BCUT2D eigenvalue weighted by atomic mass is 16.1. The first-order chi connectivity index (χ1) is 9.07. The summed E-state index contributed by atoms with van der Waals surface area (Å²) < 4.78 is 0. The molecule has 0 radical (unpaired) electrons. The van der Waals surface area contributed by atoms with Crippen LogP contribution in [0.1, 0.15) is 85.0 Å². The third-order valence-electron chi connectivity index (χ3n) is 3.51. The molecule has 0 fully saturated rings. The Morgan fingerprint density at radius 3 is 1.95 bits per heavy atom. The van der Waals surface area contributed by atoms with Crippen LogP contribution in [0.5, 0.6) is 0 Å². The van der Waals surface area contributed by atoms with E-state index in [1.807, 2.05) is 0 Å². The molecule has 0 saturated heterocycles. The highest BCUT2D eigenvalue weighted by Crippen LogP contribution is 2.11. The molecule has 112 valence electrons. The van der Waals surface area contributed by atoms with E-state index in [0.717, 1.165) is 6.42 Å². The summed E-state index contributed by atoms with van der Waals surface area (Å²) in [6.45, 7) is 9.73. The zero-order valence-corrected chi connectivity index (χ0v) is 13.3. The molecule has 0 heterocycles. The predicted octanol–water partition coefficient (Wildman–Crippen LogP) is 4.99. The summed E-state index contributed by atoms with van der Waals surface area (Å²) >= 11 is 0. The molecule has 0 saturated carbocycles. The monoisotopic (exact) mass is 267 g/mol. The van der Waals surface area contributed by atoms with Crippen molar-refractivity contribution in [1.82, 2.24) is 5.32 Å². The summed E-state index contributed by atoms with van der Waals surface area (Å²) in [5.74, 6) is -0.0107. The summed E-state index contributed by atoms with van der Waals surface area (Å²) in [5, 5.41) is 2.97. The summed E-state index contributed by atoms with van der Waals surface area (Å²) in [5.41, 5.74) is 0.596. The standard InChI is InChI=1S/C17H33NO/c1-5-6-7-8-9-10-11-12-13-14-16(4)18-17(19)15(2)3/h16H,2,5-14H2,1,3-4H3,(H,18,19). The van der Waals surface area contributed by atoms with Gasteiger partial charge in [0.25, 0.3) is 0 Å². The maximum Gasteiger partial charge on any atom is 0.246 e. The molecule has 0 bridgehead atoms. The van der Waals surface area contributed by atoms with E-state index in [1.165, 1.54) is 57.8 Å². The quantitative estimate of drug-likeness (QED) is 0.392. The van der Waals surface area contributed by atoms with Crippen LogP contribution in [0, 0.1) is 0 Å². The van der Waals surface area contributed by atoms with Crippen LogP contribution in [0.2, 0.25) is 0 Å². The molecule has 1 amide bonds. The molecule has 0 spiro atoms. The molecule has 0 aromatic carbocycles. The fourth-order valence-corrected chi connectivity index (χ4v) is 2.18. The Balaban J connectivity index is 3.29. The fraction of sp³-hybridized carbons (Fsp3) is 0.824. The highest BCUT2D eigenvalue weighted by molar-refractivity contribution is 5.92. The second kappa shape index (κ2) is 12.3. The molecular weight excluding hydrogens is 234 g/mol. The van der Waals surface area contributed by atoms with Crippen molar-refractivity contribution in [2.24, 2.45) is 0 Å². The van der Waals surface area contributed by atoms with Gasteiger partial charge in [-0.25, -0.2) is 0 Å². The van der Waals surface area contributed by atoms with Gasteiger partial charge < -0.3 is 5.32 Å². The van der Waals surface area contributed by atoms with Crippen molar-refractivity contribution in [3.63, 3.8) is 0 Å². The molecule has 0 aliphatic rings. The Hall–Kier alpha value is -0.790. The van der Waals surface area contributed by atoms with Gasteiger partial charge in [0.15, 0.2) is 0 Å². The van der Waals surface area contributed by atoms with Gasteiger partial charge in [-0.05, 0) is 20.3 Å². The second-order valence-electron chi connectivity index (χ2n) is 5.77. The number of nitrogens with one attached hydrogen (secondary N) is 1. The van der Waals surface area contributed by atoms with E-state index in [4.69, 9.17) is 0 Å². The molecule has 0 aliphatic carbocycles. The van der Waals surface area contributed by atoms with Gasteiger partial charge in [-0.15, -0.1) is 0 Å². The van der Waals surface area contributed by atoms with E-state index < -0.39 is 0 Å². The van der Waals surface area contributed by atoms with E-state index in [2.05, 4.69) is 25.7 Å². The second-order valence-corrected chi connectivity index (χ2v) is 5.77. The lowest BCUT2D eigenvalue weighted by molar-refractivity contribution is -0.118. The minimum atomic E-state index is -0.0107. The maximum absolute atomic E-state index is 11.4. The van der Waals surface area contributed by atoms with E-state index in [-0.39, 0.29) is 11.9 Å². The van der Waals surface area contributed by atoms with Crippen molar-refractivity contribution >= 4 is 5.91 Å². The molecule has 0 aromatic rings.